The van der Waals surface area contributed by atoms with Crippen LogP contribution >= 0.6 is 0 Å². The van der Waals surface area contributed by atoms with Gasteiger partial charge in [-0.2, -0.15) is 0 Å². The van der Waals surface area contributed by atoms with Gasteiger partial charge in [0.25, 0.3) is 0 Å². The molecule has 96 valence electrons. The maximum absolute atomic E-state index is 10.4. The van der Waals surface area contributed by atoms with Crippen LogP contribution in [0.15, 0.2) is 12.5 Å². The standard InChI is InChI=1S/C12H21N3O2/c1-10(3-4-12(16)17)5-6-13-7-11-8-14-9-15(11)2/h8-10,13H,3-7H2,1-2H3,(H,16,17). The van der Waals surface area contributed by atoms with Crippen molar-refractivity contribution in [3.05, 3.63) is 18.2 Å². The van der Waals surface area contributed by atoms with Gasteiger partial charge in [-0.1, -0.05) is 6.92 Å². The number of aromatic nitrogens is 2. The maximum Gasteiger partial charge on any atom is 0.303 e. The molecule has 5 heteroatoms. The van der Waals surface area contributed by atoms with Crippen molar-refractivity contribution in [2.75, 3.05) is 6.54 Å². The normalized spacial score (nSPS) is 12.6. The van der Waals surface area contributed by atoms with Crippen LogP contribution in [-0.4, -0.2) is 27.2 Å². The fourth-order valence-corrected chi connectivity index (χ4v) is 1.63. The Balaban J connectivity index is 2.08. The molecule has 17 heavy (non-hydrogen) atoms. The van der Waals surface area contributed by atoms with Crippen molar-refractivity contribution in [1.29, 1.82) is 0 Å². The highest BCUT2D eigenvalue weighted by atomic mass is 16.4. The predicted molar refractivity (Wildman–Crippen MR) is 65.6 cm³/mol. The Morgan fingerprint density at radius 1 is 1.59 bits per heavy atom. The molecule has 1 atom stereocenters. The van der Waals surface area contributed by atoms with E-state index in [9.17, 15) is 4.79 Å². The van der Waals surface area contributed by atoms with Gasteiger partial charge in [0.05, 0.1) is 12.0 Å². The molecule has 5 nitrogen and oxygen atoms in total. The zero-order valence-corrected chi connectivity index (χ0v) is 10.5. The summed E-state index contributed by atoms with van der Waals surface area (Å²) in [6.07, 6.45) is 5.66. The van der Waals surface area contributed by atoms with Crippen molar-refractivity contribution < 1.29 is 9.90 Å². The largest absolute Gasteiger partial charge is 0.481 e. The van der Waals surface area contributed by atoms with E-state index in [2.05, 4.69) is 17.2 Å². The van der Waals surface area contributed by atoms with Crippen LogP contribution in [0.5, 0.6) is 0 Å². The number of carboxylic acid groups (broad SMARTS) is 1. The molecule has 0 saturated carbocycles. The van der Waals surface area contributed by atoms with Crippen LogP contribution in [-0.2, 0) is 18.4 Å². The molecule has 1 aromatic heterocycles. The van der Waals surface area contributed by atoms with E-state index in [0.29, 0.717) is 5.92 Å². The molecular formula is C12H21N3O2. The lowest BCUT2D eigenvalue weighted by Crippen LogP contribution is -2.18. The minimum atomic E-state index is -0.709. The number of rotatable bonds is 8. The summed E-state index contributed by atoms with van der Waals surface area (Å²) in [5.74, 6) is -0.259. The third kappa shape index (κ3) is 5.49. The van der Waals surface area contributed by atoms with Gasteiger partial charge in [0, 0.05) is 26.2 Å². The van der Waals surface area contributed by atoms with Crippen molar-refractivity contribution in [2.45, 2.75) is 32.7 Å². The van der Waals surface area contributed by atoms with Crippen molar-refractivity contribution in [1.82, 2.24) is 14.9 Å². The van der Waals surface area contributed by atoms with Crippen LogP contribution in [0.1, 0.15) is 31.9 Å². The number of hydrogen-bond acceptors (Lipinski definition) is 3. The van der Waals surface area contributed by atoms with Crippen LogP contribution in [0.3, 0.4) is 0 Å². The lowest BCUT2D eigenvalue weighted by molar-refractivity contribution is -0.137. The minimum absolute atomic E-state index is 0.267. The zero-order chi connectivity index (χ0) is 12.7. The third-order valence-corrected chi connectivity index (χ3v) is 2.89. The lowest BCUT2D eigenvalue weighted by atomic mass is 10.0. The fourth-order valence-electron chi connectivity index (χ4n) is 1.63. The number of carboxylic acids is 1. The summed E-state index contributed by atoms with van der Waals surface area (Å²) >= 11 is 0. The van der Waals surface area contributed by atoms with E-state index < -0.39 is 5.97 Å². The quantitative estimate of drug-likeness (QED) is 0.673. The molecule has 0 bridgehead atoms. The molecule has 1 rings (SSSR count). The van der Waals surface area contributed by atoms with Crippen LogP contribution in [0.25, 0.3) is 0 Å². The van der Waals surface area contributed by atoms with Crippen molar-refractivity contribution in [3.63, 3.8) is 0 Å². The fraction of sp³-hybridized carbons (Fsp3) is 0.667. The summed E-state index contributed by atoms with van der Waals surface area (Å²) in [5.41, 5.74) is 1.16. The summed E-state index contributed by atoms with van der Waals surface area (Å²) in [5, 5.41) is 11.9. The van der Waals surface area contributed by atoms with Crippen molar-refractivity contribution >= 4 is 5.97 Å². The number of aryl methyl sites for hydroxylation is 1. The molecule has 1 heterocycles. The van der Waals surface area contributed by atoms with E-state index >= 15 is 0 Å². The van der Waals surface area contributed by atoms with Crippen LogP contribution in [0.4, 0.5) is 0 Å². The number of imidazole rings is 1. The predicted octanol–water partition coefficient (Wildman–Crippen LogP) is 1.40. The second kappa shape index (κ2) is 7.06. The first-order valence-electron chi connectivity index (χ1n) is 5.97. The maximum atomic E-state index is 10.4. The Hall–Kier alpha value is -1.36. The molecule has 0 fully saturated rings. The van der Waals surface area contributed by atoms with Gasteiger partial charge in [-0.05, 0) is 25.3 Å². The molecule has 0 saturated heterocycles. The summed E-state index contributed by atoms with van der Waals surface area (Å²) in [6, 6.07) is 0. The van der Waals surface area contributed by atoms with E-state index in [1.807, 2.05) is 17.8 Å². The Bertz CT molecular complexity index is 349. The Morgan fingerprint density at radius 2 is 2.35 bits per heavy atom. The molecule has 0 aliphatic rings. The van der Waals surface area contributed by atoms with E-state index in [0.717, 1.165) is 31.6 Å². The molecule has 0 radical (unpaired) electrons. The van der Waals surface area contributed by atoms with Crippen LogP contribution in [0, 0.1) is 5.92 Å². The number of carbonyl (C=O) groups is 1. The Kier molecular flexibility index (Phi) is 5.69. The van der Waals surface area contributed by atoms with E-state index in [-0.39, 0.29) is 6.42 Å². The monoisotopic (exact) mass is 239 g/mol. The van der Waals surface area contributed by atoms with Gasteiger partial charge in [0.2, 0.25) is 0 Å². The molecule has 0 aliphatic carbocycles. The van der Waals surface area contributed by atoms with Crippen LogP contribution in [0.2, 0.25) is 0 Å². The zero-order valence-electron chi connectivity index (χ0n) is 10.5. The van der Waals surface area contributed by atoms with Gasteiger partial charge in [0.15, 0.2) is 0 Å². The van der Waals surface area contributed by atoms with Gasteiger partial charge in [0.1, 0.15) is 0 Å². The number of nitrogens with zero attached hydrogens (tertiary/aromatic N) is 2. The molecule has 0 spiro atoms. The number of nitrogens with one attached hydrogen (secondary N) is 1. The molecule has 0 aliphatic heterocycles. The summed E-state index contributed by atoms with van der Waals surface area (Å²) in [4.78, 5) is 14.4. The first-order valence-corrected chi connectivity index (χ1v) is 5.97. The van der Waals surface area contributed by atoms with Gasteiger partial charge in [-0.15, -0.1) is 0 Å². The Labute approximate surface area is 102 Å². The topological polar surface area (TPSA) is 67.2 Å². The highest BCUT2D eigenvalue weighted by Gasteiger charge is 2.05. The van der Waals surface area contributed by atoms with Crippen LogP contribution < -0.4 is 5.32 Å². The summed E-state index contributed by atoms with van der Waals surface area (Å²) in [7, 11) is 1.97. The number of aliphatic carboxylic acids is 1. The first kappa shape index (κ1) is 13.7. The Morgan fingerprint density at radius 3 is 2.94 bits per heavy atom. The highest BCUT2D eigenvalue weighted by Crippen LogP contribution is 2.09. The SMILES string of the molecule is CC(CCNCc1cncn1C)CCC(=O)O. The average molecular weight is 239 g/mol. The minimum Gasteiger partial charge on any atom is -0.481 e. The van der Waals surface area contributed by atoms with Crippen molar-refractivity contribution in [3.8, 4) is 0 Å². The van der Waals surface area contributed by atoms with Gasteiger partial charge in [-0.25, -0.2) is 4.98 Å². The van der Waals surface area contributed by atoms with Crippen molar-refractivity contribution in [2.24, 2.45) is 13.0 Å². The molecular weight excluding hydrogens is 218 g/mol. The van der Waals surface area contributed by atoms with E-state index in [1.54, 1.807) is 6.33 Å². The van der Waals surface area contributed by atoms with E-state index in [4.69, 9.17) is 5.11 Å². The molecule has 1 aromatic rings. The second-order valence-corrected chi connectivity index (χ2v) is 4.50. The third-order valence-electron chi connectivity index (χ3n) is 2.89. The van der Waals surface area contributed by atoms with E-state index in [1.165, 1.54) is 0 Å². The van der Waals surface area contributed by atoms with Gasteiger partial charge >= 0.3 is 5.97 Å². The molecule has 0 aromatic carbocycles. The molecule has 1 unspecified atom stereocenters. The highest BCUT2D eigenvalue weighted by molar-refractivity contribution is 5.66. The second-order valence-electron chi connectivity index (χ2n) is 4.50. The molecule has 0 amide bonds. The summed E-state index contributed by atoms with van der Waals surface area (Å²) in [6.45, 7) is 3.81. The van der Waals surface area contributed by atoms with Gasteiger partial charge in [-0.3, -0.25) is 4.79 Å². The van der Waals surface area contributed by atoms with Gasteiger partial charge < -0.3 is 15.0 Å². The lowest BCUT2D eigenvalue weighted by Gasteiger charge is -2.10. The number of hydrogen-bond donors (Lipinski definition) is 2. The summed E-state index contributed by atoms with van der Waals surface area (Å²) < 4.78 is 1.99. The molecule has 2 N–H and O–H groups in total. The first-order chi connectivity index (χ1) is 8.09. The smallest absolute Gasteiger partial charge is 0.303 e. The average Bonchev–Trinajstić information content (AvgIpc) is 2.68.